The summed E-state index contributed by atoms with van der Waals surface area (Å²) in [5.41, 5.74) is -0.358. The van der Waals surface area contributed by atoms with E-state index >= 15 is 0 Å². The second-order valence-corrected chi connectivity index (χ2v) is 3.56. The zero-order valence-corrected chi connectivity index (χ0v) is 9.45. The predicted molar refractivity (Wildman–Crippen MR) is 60.7 cm³/mol. The molecule has 0 radical (unpaired) electrons. The van der Waals surface area contributed by atoms with Crippen molar-refractivity contribution in [2.24, 2.45) is 0 Å². The molecule has 1 aromatic carbocycles. The van der Waals surface area contributed by atoms with Crippen molar-refractivity contribution in [3.8, 4) is 0 Å². The lowest BCUT2D eigenvalue weighted by Gasteiger charge is -2.04. The van der Waals surface area contributed by atoms with E-state index < -0.39 is 10.8 Å². The zero-order chi connectivity index (χ0) is 12.1. The zero-order valence-electron chi connectivity index (χ0n) is 8.70. The number of nitro groups is 1. The normalized spacial score (nSPS) is 9.88. The van der Waals surface area contributed by atoms with Gasteiger partial charge in [0.05, 0.1) is 4.92 Å². The molecule has 1 amide bonds. The highest BCUT2D eigenvalue weighted by Gasteiger charge is 2.22. The fraction of sp³-hybridized carbons (Fsp3) is 0.300. The van der Waals surface area contributed by atoms with Crippen molar-refractivity contribution in [2.45, 2.75) is 13.3 Å². The lowest BCUT2D eigenvalue weighted by atomic mass is 10.1. The van der Waals surface area contributed by atoms with Crippen LogP contribution in [0.25, 0.3) is 0 Å². The maximum Gasteiger partial charge on any atom is 0.300 e. The average Bonchev–Trinajstić information content (AvgIpc) is 2.24. The summed E-state index contributed by atoms with van der Waals surface area (Å²) in [5.74, 6) is -0.476. The number of nitro benzene ring substituents is 1. The first-order valence-corrected chi connectivity index (χ1v) is 5.16. The summed E-state index contributed by atoms with van der Waals surface area (Å²) in [6, 6.07) is 4.28. The fourth-order valence-electron chi connectivity index (χ4n) is 1.22. The number of hydrogen-bond acceptors (Lipinski definition) is 3. The Hall–Kier alpha value is -1.62. The predicted octanol–water partition coefficient (Wildman–Crippen LogP) is 2.39. The number of carbonyl (C=O) groups is 1. The van der Waals surface area contributed by atoms with Gasteiger partial charge in [0.25, 0.3) is 5.91 Å². The molecule has 0 aromatic heterocycles. The van der Waals surface area contributed by atoms with E-state index in [0.29, 0.717) is 6.54 Å². The molecule has 0 spiro atoms. The van der Waals surface area contributed by atoms with Crippen LogP contribution in [-0.4, -0.2) is 17.4 Å². The summed E-state index contributed by atoms with van der Waals surface area (Å²) in [5, 5.41) is 13.3. The Labute approximate surface area is 97.6 Å². The molecule has 0 bridgehead atoms. The van der Waals surface area contributed by atoms with Crippen LogP contribution in [0.4, 0.5) is 5.69 Å². The molecule has 1 rings (SSSR count). The Morgan fingerprint density at radius 2 is 2.25 bits per heavy atom. The topological polar surface area (TPSA) is 72.2 Å². The minimum Gasteiger partial charge on any atom is -0.352 e. The second kappa shape index (κ2) is 5.46. The third-order valence-corrected chi connectivity index (χ3v) is 2.25. The number of carbonyl (C=O) groups excluding carboxylic acids is 1. The maximum atomic E-state index is 11.6. The Kier molecular flexibility index (Phi) is 4.25. The third kappa shape index (κ3) is 2.70. The largest absolute Gasteiger partial charge is 0.352 e. The molecule has 1 aromatic rings. The van der Waals surface area contributed by atoms with Gasteiger partial charge in [0.1, 0.15) is 10.6 Å². The highest BCUT2D eigenvalue weighted by Crippen LogP contribution is 2.27. The summed E-state index contributed by atoms with van der Waals surface area (Å²) >= 11 is 5.68. The van der Waals surface area contributed by atoms with E-state index in [-0.39, 0.29) is 16.3 Å². The molecular weight excluding hydrogens is 232 g/mol. The number of amides is 1. The van der Waals surface area contributed by atoms with Crippen molar-refractivity contribution in [3.05, 3.63) is 38.9 Å². The van der Waals surface area contributed by atoms with E-state index in [9.17, 15) is 14.9 Å². The number of nitrogens with zero attached hydrogens (tertiary/aromatic N) is 1. The Morgan fingerprint density at radius 1 is 1.56 bits per heavy atom. The number of para-hydroxylation sites is 1. The average molecular weight is 243 g/mol. The molecule has 6 heteroatoms. The molecular formula is C10H11ClN2O3. The molecule has 1 N–H and O–H groups in total. The van der Waals surface area contributed by atoms with Crippen LogP contribution in [0.1, 0.15) is 23.7 Å². The van der Waals surface area contributed by atoms with Crippen LogP contribution in [0, 0.1) is 10.1 Å². The molecule has 16 heavy (non-hydrogen) atoms. The van der Waals surface area contributed by atoms with Crippen LogP contribution in [0.3, 0.4) is 0 Å². The molecule has 0 atom stereocenters. The van der Waals surface area contributed by atoms with Gasteiger partial charge in [-0.1, -0.05) is 24.6 Å². The Bertz CT molecular complexity index is 421. The summed E-state index contributed by atoms with van der Waals surface area (Å²) in [7, 11) is 0. The van der Waals surface area contributed by atoms with Crippen molar-refractivity contribution < 1.29 is 9.72 Å². The molecule has 0 saturated carbocycles. The number of halogens is 1. The van der Waals surface area contributed by atoms with Gasteiger partial charge in [-0.2, -0.15) is 0 Å². The van der Waals surface area contributed by atoms with Crippen LogP contribution < -0.4 is 5.32 Å². The molecule has 86 valence electrons. The monoisotopic (exact) mass is 242 g/mol. The molecule has 0 fully saturated rings. The lowest BCUT2D eigenvalue weighted by Crippen LogP contribution is -2.24. The van der Waals surface area contributed by atoms with Crippen LogP contribution >= 0.6 is 11.6 Å². The second-order valence-electron chi connectivity index (χ2n) is 3.15. The van der Waals surface area contributed by atoms with Crippen molar-refractivity contribution in [3.63, 3.8) is 0 Å². The number of hydrogen-bond donors (Lipinski definition) is 1. The maximum absolute atomic E-state index is 11.6. The molecule has 0 unspecified atom stereocenters. The number of rotatable bonds is 4. The van der Waals surface area contributed by atoms with Gasteiger partial charge in [-0.05, 0) is 18.6 Å². The first-order valence-electron chi connectivity index (χ1n) is 4.79. The van der Waals surface area contributed by atoms with Crippen LogP contribution in [-0.2, 0) is 0 Å². The van der Waals surface area contributed by atoms with Gasteiger partial charge in [-0.25, -0.2) is 0 Å². The van der Waals surface area contributed by atoms with Gasteiger partial charge in [0.15, 0.2) is 0 Å². The molecule has 0 aliphatic heterocycles. The quantitative estimate of drug-likeness (QED) is 0.651. The van der Waals surface area contributed by atoms with Crippen molar-refractivity contribution in [2.75, 3.05) is 6.54 Å². The number of nitrogens with one attached hydrogen (secondary N) is 1. The van der Waals surface area contributed by atoms with Gasteiger partial charge in [-0.15, -0.1) is 0 Å². The van der Waals surface area contributed by atoms with Gasteiger partial charge in [0, 0.05) is 6.54 Å². The summed E-state index contributed by atoms with van der Waals surface area (Å²) in [6.45, 7) is 2.37. The first-order chi connectivity index (χ1) is 7.57. The van der Waals surface area contributed by atoms with Gasteiger partial charge in [0.2, 0.25) is 0 Å². The highest BCUT2D eigenvalue weighted by molar-refractivity contribution is 6.33. The van der Waals surface area contributed by atoms with E-state index in [4.69, 9.17) is 11.6 Å². The van der Waals surface area contributed by atoms with Crippen molar-refractivity contribution in [1.82, 2.24) is 5.32 Å². The van der Waals surface area contributed by atoms with Crippen LogP contribution in [0.15, 0.2) is 18.2 Å². The van der Waals surface area contributed by atoms with E-state index in [1.165, 1.54) is 18.2 Å². The number of benzene rings is 1. The van der Waals surface area contributed by atoms with E-state index in [1.54, 1.807) is 0 Å². The Balaban J connectivity index is 3.08. The van der Waals surface area contributed by atoms with E-state index in [0.717, 1.165) is 6.42 Å². The van der Waals surface area contributed by atoms with Gasteiger partial charge in [-0.3, -0.25) is 14.9 Å². The standard InChI is InChI=1S/C10H11ClN2O3/c1-2-6-12-10(14)7-4-3-5-8(11)9(7)13(15)16/h3-5H,2,6H2,1H3,(H,12,14). The van der Waals surface area contributed by atoms with Gasteiger partial charge >= 0.3 is 5.69 Å². The minimum atomic E-state index is -0.650. The molecule has 0 heterocycles. The molecule has 0 aliphatic carbocycles. The van der Waals surface area contributed by atoms with Crippen molar-refractivity contribution in [1.29, 1.82) is 0 Å². The van der Waals surface area contributed by atoms with E-state index in [1.807, 2.05) is 6.92 Å². The summed E-state index contributed by atoms with van der Waals surface area (Å²) in [6.07, 6.45) is 0.764. The molecule has 0 aliphatic rings. The van der Waals surface area contributed by atoms with Crippen LogP contribution in [0.2, 0.25) is 5.02 Å². The van der Waals surface area contributed by atoms with Crippen molar-refractivity contribution >= 4 is 23.2 Å². The smallest absolute Gasteiger partial charge is 0.300 e. The fourth-order valence-corrected chi connectivity index (χ4v) is 1.46. The SMILES string of the molecule is CCCNC(=O)c1cccc(Cl)c1[N+](=O)[O-]. The third-order valence-electron chi connectivity index (χ3n) is 1.95. The van der Waals surface area contributed by atoms with E-state index in [2.05, 4.69) is 5.32 Å². The van der Waals surface area contributed by atoms with Crippen LogP contribution in [0.5, 0.6) is 0 Å². The first kappa shape index (κ1) is 12.4. The molecule has 0 saturated heterocycles. The summed E-state index contributed by atoms with van der Waals surface area (Å²) in [4.78, 5) is 21.7. The minimum absolute atomic E-state index is 0.00838. The van der Waals surface area contributed by atoms with Gasteiger partial charge < -0.3 is 5.32 Å². The highest BCUT2D eigenvalue weighted by atomic mass is 35.5. The molecule has 5 nitrogen and oxygen atoms in total. The summed E-state index contributed by atoms with van der Waals surface area (Å²) < 4.78 is 0. The lowest BCUT2D eigenvalue weighted by molar-refractivity contribution is -0.385. The Morgan fingerprint density at radius 3 is 2.81 bits per heavy atom.